The van der Waals surface area contributed by atoms with Crippen LogP contribution in [0.4, 0.5) is 4.39 Å². The molecule has 1 atom stereocenters. The number of carbonyl (C=O) groups excluding carboxylic acids is 1. The van der Waals surface area contributed by atoms with Gasteiger partial charge in [-0.3, -0.25) is 9.69 Å². The second-order valence-electron chi connectivity index (χ2n) is 6.49. The molecule has 0 aliphatic carbocycles. The predicted molar refractivity (Wildman–Crippen MR) is 106 cm³/mol. The molecular formula is C21H23ClFN3O. The quantitative estimate of drug-likeness (QED) is 0.731. The lowest BCUT2D eigenvalue weighted by Crippen LogP contribution is -2.38. The molecule has 0 saturated heterocycles. The van der Waals surface area contributed by atoms with Crippen molar-refractivity contribution >= 4 is 23.2 Å². The molecule has 0 aromatic heterocycles. The first-order valence-corrected chi connectivity index (χ1v) is 9.53. The zero-order valence-corrected chi connectivity index (χ0v) is 16.3. The van der Waals surface area contributed by atoms with E-state index >= 15 is 0 Å². The maximum absolute atomic E-state index is 13.3. The van der Waals surface area contributed by atoms with E-state index in [1.54, 1.807) is 12.1 Å². The Labute approximate surface area is 164 Å². The van der Waals surface area contributed by atoms with Gasteiger partial charge in [-0.05, 0) is 42.4 Å². The zero-order chi connectivity index (χ0) is 19.4. The van der Waals surface area contributed by atoms with E-state index in [-0.39, 0.29) is 17.8 Å². The van der Waals surface area contributed by atoms with E-state index in [1.807, 2.05) is 38.1 Å². The molecule has 1 amide bonds. The lowest BCUT2D eigenvalue weighted by molar-refractivity contribution is -0.134. The Bertz CT molecular complexity index is 834. The Morgan fingerprint density at radius 3 is 2.48 bits per heavy atom. The summed E-state index contributed by atoms with van der Waals surface area (Å²) in [5.74, 6) is -0.366. The molecule has 142 valence electrons. The molecule has 0 N–H and O–H groups in total. The van der Waals surface area contributed by atoms with Crippen molar-refractivity contribution in [2.24, 2.45) is 5.10 Å². The van der Waals surface area contributed by atoms with Crippen LogP contribution in [0.3, 0.4) is 0 Å². The second kappa shape index (κ2) is 8.63. The molecule has 0 saturated carbocycles. The Kier molecular flexibility index (Phi) is 6.24. The summed E-state index contributed by atoms with van der Waals surface area (Å²) in [4.78, 5) is 15.0. The number of hydrogen-bond donors (Lipinski definition) is 0. The van der Waals surface area contributed by atoms with Gasteiger partial charge in [0.15, 0.2) is 0 Å². The Hall–Kier alpha value is -2.24. The third kappa shape index (κ3) is 4.37. The Morgan fingerprint density at radius 1 is 1.19 bits per heavy atom. The maximum Gasteiger partial charge on any atom is 0.257 e. The molecule has 3 rings (SSSR count). The first kappa shape index (κ1) is 19.5. The summed E-state index contributed by atoms with van der Waals surface area (Å²) >= 11 is 6.40. The fraction of sp³-hybridized carbons (Fsp3) is 0.333. The molecule has 1 aliphatic heterocycles. The van der Waals surface area contributed by atoms with Crippen LogP contribution in [0.15, 0.2) is 53.6 Å². The van der Waals surface area contributed by atoms with E-state index < -0.39 is 0 Å². The summed E-state index contributed by atoms with van der Waals surface area (Å²) in [6.07, 6.45) is 0.541. The smallest absolute Gasteiger partial charge is 0.257 e. The largest absolute Gasteiger partial charge is 0.295 e. The van der Waals surface area contributed by atoms with Crippen LogP contribution in [0, 0.1) is 5.82 Å². The van der Waals surface area contributed by atoms with Crippen molar-refractivity contribution in [3.05, 3.63) is 70.5 Å². The standard InChI is InChI=1S/C21H23ClFN3O/c1-3-25(4-2)14-21(27)26-20(17-7-5-6-8-18(17)22)13-19(24-26)15-9-11-16(23)12-10-15/h5-12,20H,3-4,13-14H2,1-2H3. The minimum atomic E-state index is -0.297. The van der Waals surface area contributed by atoms with Gasteiger partial charge in [-0.25, -0.2) is 9.40 Å². The summed E-state index contributed by atoms with van der Waals surface area (Å²) in [7, 11) is 0. The van der Waals surface area contributed by atoms with Gasteiger partial charge in [0.05, 0.1) is 18.3 Å². The van der Waals surface area contributed by atoms with Crippen molar-refractivity contribution in [1.82, 2.24) is 9.91 Å². The summed E-state index contributed by atoms with van der Waals surface area (Å²) < 4.78 is 13.3. The number of hydrogen-bond acceptors (Lipinski definition) is 3. The van der Waals surface area contributed by atoms with Gasteiger partial charge in [-0.2, -0.15) is 5.10 Å². The van der Waals surface area contributed by atoms with E-state index in [0.717, 1.165) is 29.9 Å². The molecule has 0 radical (unpaired) electrons. The fourth-order valence-corrected chi connectivity index (χ4v) is 3.52. The molecule has 6 heteroatoms. The van der Waals surface area contributed by atoms with Gasteiger partial charge >= 0.3 is 0 Å². The predicted octanol–water partition coefficient (Wildman–Crippen LogP) is 4.50. The molecule has 27 heavy (non-hydrogen) atoms. The van der Waals surface area contributed by atoms with E-state index in [1.165, 1.54) is 17.1 Å². The molecule has 0 bridgehead atoms. The number of likely N-dealkylation sites (N-methyl/N-ethyl adjacent to an activating group) is 1. The van der Waals surface area contributed by atoms with Crippen LogP contribution in [-0.2, 0) is 4.79 Å². The van der Waals surface area contributed by atoms with Crippen molar-refractivity contribution in [1.29, 1.82) is 0 Å². The maximum atomic E-state index is 13.3. The lowest BCUT2D eigenvalue weighted by atomic mass is 9.98. The van der Waals surface area contributed by atoms with Gasteiger partial charge in [0, 0.05) is 11.4 Å². The molecule has 2 aromatic rings. The van der Waals surface area contributed by atoms with Crippen LogP contribution < -0.4 is 0 Å². The third-order valence-corrected chi connectivity index (χ3v) is 5.21. The summed E-state index contributed by atoms with van der Waals surface area (Å²) in [6.45, 7) is 5.94. The van der Waals surface area contributed by atoms with E-state index in [0.29, 0.717) is 18.0 Å². The molecule has 1 aliphatic rings. The first-order chi connectivity index (χ1) is 13.0. The average Bonchev–Trinajstić information content (AvgIpc) is 3.12. The van der Waals surface area contributed by atoms with Crippen LogP contribution in [0.2, 0.25) is 5.02 Å². The van der Waals surface area contributed by atoms with E-state index in [4.69, 9.17) is 11.6 Å². The number of halogens is 2. The van der Waals surface area contributed by atoms with Crippen LogP contribution >= 0.6 is 11.6 Å². The first-order valence-electron chi connectivity index (χ1n) is 9.15. The number of hydrazone groups is 1. The molecule has 2 aromatic carbocycles. The highest BCUT2D eigenvalue weighted by molar-refractivity contribution is 6.31. The van der Waals surface area contributed by atoms with Crippen LogP contribution in [0.1, 0.15) is 37.4 Å². The van der Waals surface area contributed by atoms with Crippen LogP contribution in [0.25, 0.3) is 0 Å². The van der Waals surface area contributed by atoms with Gasteiger partial charge in [0.25, 0.3) is 5.91 Å². The average molecular weight is 388 g/mol. The van der Waals surface area contributed by atoms with Crippen LogP contribution in [-0.4, -0.2) is 41.2 Å². The van der Waals surface area contributed by atoms with Gasteiger partial charge < -0.3 is 0 Å². The third-order valence-electron chi connectivity index (χ3n) is 4.86. The molecule has 4 nitrogen and oxygen atoms in total. The van der Waals surface area contributed by atoms with Gasteiger partial charge in [0.2, 0.25) is 0 Å². The highest BCUT2D eigenvalue weighted by atomic mass is 35.5. The number of amides is 1. The summed E-state index contributed by atoms with van der Waals surface area (Å²) in [5.41, 5.74) is 2.44. The zero-order valence-electron chi connectivity index (χ0n) is 15.5. The molecule has 1 heterocycles. The number of carbonyl (C=O) groups is 1. The van der Waals surface area contributed by atoms with Crippen molar-refractivity contribution < 1.29 is 9.18 Å². The van der Waals surface area contributed by atoms with Crippen LogP contribution in [0.5, 0.6) is 0 Å². The van der Waals surface area contributed by atoms with Crippen molar-refractivity contribution in [2.45, 2.75) is 26.3 Å². The molecule has 1 unspecified atom stereocenters. The van der Waals surface area contributed by atoms with E-state index in [2.05, 4.69) is 10.0 Å². The van der Waals surface area contributed by atoms with Crippen molar-refractivity contribution in [3.63, 3.8) is 0 Å². The topological polar surface area (TPSA) is 35.9 Å². The van der Waals surface area contributed by atoms with Crippen molar-refractivity contribution in [3.8, 4) is 0 Å². The number of benzene rings is 2. The molecular weight excluding hydrogens is 365 g/mol. The summed E-state index contributed by atoms with van der Waals surface area (Å²) in [6, 6.07) is 13.4. The SMILES string of the molecule is CCN(CC)CC(=O)N1N=C(c2ccc(F)cc2)CC1c1ccccc1Cl. The van der Waals surface area contributed by atoms with Gasteiger partial charge in [0.1, 0.15) is 5.82 Å². The Morgan fingerprint density at radius 2 is 1.85 bits per heavy atom. The normalized spacial score (nSPS) is 16.7. The van der Waals surface area contributed by atoms with Crippen molar-refractivity contribution in [2.75, 3.05) is 19.6 Å². The molecule has 0 fully saturated rings. The summed E-state index contributed by atoms with van der Waals surface area (Å²) in [5, 5.41) is 6.75. The van der Waals surface area contributed by atoms with Gasteiger partial charge in [-0.15, -0.1) is 0 Å². The monoisotopic (exact) mass is 387 g/mol. The highest BCUT2D eigenvalue weighted by Gasteiger charge is 2.34. The minimum absolute atomic E-state index is 0.0688. The molecule has 0 spiro atoms. The fourth-order valence-electron chi connectivity index (χ4n) is 3.26. The van der Waals surface area contributed by atoms with Gasteiger partial charge in [-0.1, -0.05) is 55.8 Å². The van der Waals surface area contributed by atoms with E-state index in [9.17, 15) is 9.18 Å². The highest BCUT2D eigenvalue weighted by Crippen LogP contribution is 2.36. The lowest BCUT2D eigenvalue weighted by Gasteiger charge is -2.26. The minimum Gasteiger partial charge on any atom is -0.295 e. The Balaban J connectivity index is 1.93. The number of rotatable bonds is 6. The number of nitrogens with zero attached hydrogens (tertiary/aromatic N) is 3. The second-order valence-corrected chi connectivity index (χ2v) is 6.90.